The predicted molar refractivity (Wildman–Crippen MR) is 88.2 cm³/mol. The Hall–Kier alpha value is -0.870. The van der Waals surface area contributed by atoms with Gasteiger partial charge in [0.25, 0.3) is 0 Å². The number of hydrogen-bond acceptors (Lipinski definition) is 3. The number of halogens is 1. The fourth-order valence-electron chi connectivity index (χ4n) is 2.90. The Morgan fingerprint density at radius 3 is 2.76 bits per heavy atom. The highest BCUT2D eigenvalue weighted by Gasteiger charge is 2.41. The molecule has 0 aliphatic heterocycles. The third kappa shape index (κ3) is 3.86. The lowest BCUT2D eigenvalue weighted by molar-refractivity contribution is -0.142. The Morgan fingerprint density at radius 2 is 2.14 bits per heavy atom. The summed E-state index contributed by atoms with van der Waals surface area (Å²) in [5.41, 5.74) is 2.42. The normalized spacial score (nSPS) is 21.2. The van der Waals surface area contributed by atoms with Gasteiger partial charge < -0.3 is 10.1 Å². The average Bonchev–Trinajstić information content (AvgIpc) is 2.74. The number of benzene rings is 1. The van der Waals surface area contributed by atoms with E-state index in [1.54, 1.807) is 0 Å². The van der Waals surface area contributed by atoms with Gasteiger partial charge in [0.05, 0.1) is 19.1 Å². The van der Waals surface area contributed by atoms with Gasteiger partial charge in [-0.3, -0.25) is 4.79 Å². The van der Waals surface area contributed by atoms with E-state index >= 15 is 0 Å². The summed E-state index contributed by atoms with van der Waals surface area (Å²) < 4.78 is 6.01. The molecule has 0 amide bonds. The molecule has 21 heavy (non-hydrogen) atoms. The molecule has 3 nitrogen and oxygen atoms in total. The molecule has 1 atom stereocenters. The van der Waals surface area contributed by atoms with Crippen LogP contribution in [0.25, 0.3) is 0 Å². The number of fused-ring (bicyclic) bond motifs is 1. The van der Waals surface area contributed by atoms with E-state index in [9.17, 15) is 4.79 Å². The molecule has 0 radical (unpaired) electrons. The molecule has 0 saturated heterocycles. The summed E-state index contributed by atoms with van der Waals surface area (Å²) in [5, 5.41) is 3.66. The maximum atomic E-state index is 11.9. The standard InChI is InChI=1S/C17H24BrNO2/c1-16(2,3)11-19-17(10-15(20)21-4)8-7-12-9-13(18)5-6-14(12)17/h5-6,9,19H,7-8,10-11H2,1-4H3/t17-/m0/s1. The van der Waals surface area contributed by atoms with Gasteiger partial charge in [0.1, 0.15) is 0 Å². The molecule has 1 aromatic rings. The maximum Gasteiger partial charge on any atom is 0.307 e. The Labute approximate surface area is 135 Å². The van der Waals surface area contributed by atoms with Crippen molar-refractivity contribution in [1.82, 2.24) is 5.32 Å². The Kier molecular flexibility index (Phi) is 4.79. The highest BCUT2D eigenvalue weighted by molar-refractivity contribution is 9.10. The number of esters is 1. The van der Waals surface area contributed by atoms with Gasteiger partial charge in [0.15, 0.2) is 0 Å². The van der Waals surface area contributed by atoms with Gasteiger partial charge in [-0.25, -0.2) is 0 Å². The molecule has 1 aliphatic rings. The van der Waals surface area contributed by atoms with Crippen molar-refractivity contribution in [2.75, 3.05) is 13.7 Å². The smallest absolute Gasteiger partial charge is 0.307 e. The predicted octanol–water partition coefficient (Wildman–Crippen LogP) is 3.79. The number of methoxy groups -OCH3 is 1. The lowest BCUT2D eigenvalue weighted by Gasteiger charge is -2.34. The minimum absolute atomic E-state index is 0.160. The SMILES string of the molecule is COC(=O)C[C@@]1(NCC(C)(C)C)CCc2cc(Br)ccc21. The number of nitrogens with one attached hydrogen (secondary N) is 1. The van der Waals surface area contributed by atoms with E-state index in [-0.39, 0.29) is 16.9 Å². The fraction of sp³-hybridized carbons (Fsp3) is 0.588. The van der Waals surface area contributed by atoms with E-state index in [4.69, 9.17) is 4.74 Å². The molecule has 0 heterocycles. The van der Waals surface area contributed by atoms with E-state index in [1.807, 2.05) is 0 Å². The van der Waals surface area contributed by atoms with Crippen LogP contribution in [-0.2, 0) is 21.5 Å². The van der Waals surface area contributed by atoms with Crippen molar-refractivity contribution in [2.45, 2.75) is 45.6 Å². The molecule has 0 bridgehead atoms. The largest absolute Gasteiger partial charge is 0.469 e. The van der Waals surface area contributed by atoms with Gasteiger partial charge in [-0.05, 0) is 41.5 Å². The third-order valence-corrected chi connectivity index (χ3v) is 4.53. The van der Waals surface area contributed by atoms with Crippen LogP contribution in [0.3, 0.4) is 0 Å². The molecule has 0 unspecified atom stereocenters. The second-order valence-corrected chi connectivity index (χ2v) is 7.97. The molecular weight excluding hydrogens is 330 g/mol. The zero-order valence-corrected chi connectivity index (χ0v) is 14.8. The first kappa shape index (κ1) is 16.5. The maximum absolute atomic E-state index is 11.9. The zero-order valence-electron chi connectivity index (χ0n) is 13.3. The zero-order chi connectivity index (χ0) is 15.7. The lowest BCUT2D eigenvalue weighted by atomic mass is 9.86. The fourth-order valence-corrected chi connectivity index (χ4v) is 3.31. The molecule has 0 spiro atoms. The number of ether oxygens (including phenoxy) is 1. The number of aryl methyl sites for hydroxylation is 1. The van der Waals surface area contributed by atoms with Crippen molar-refractivity contribution >= 4 is 21.9 Å². The van der Waals surface area contributed by atoms with Crippen molar-refractivity contribution < 1.29 is 9.53 Å². The summed E-state index contributed by atoms with van der Waals surface area (Å²) in [7, 11) is 1.46. The monoisotopic (exact) mass is 353 g/mol. The summed E-state index contributed by atoms with van der Waals surface area (Å²) in [4.78, 5) is 11.9. The van der Waals surface area contributed by atoms with Gasteiger partial charge >= 0.3 is 5.97 Å². The molecule has 2 rings (SSSR count). The number of rotatable bonds is 4. The molecule has 1 aromatic carbocycles. The second-order valence-electron chi connectivity index (χ2n) is 7.05. The molecular formula is C17H24BrNO2. The topological polar surface area (TPSA) is 38.3 Å². The van der Waals surface area contributed by atoms with Gasteiger partial charge in [-0.2, -0.15) is 0 Å². The Morgan fingerprint density at radius 1 is 1.43 bits per heavy atom. The Balaban J connectivity index is 2.33. The van der Waals surface area contributed by atoms with Crippen LogP contribution in [-0.4, -0.2) is 19.6 Å². The summed E-state index contributed by atoms with van der Waals surface area (Å²) >= 11 is 3.53. The molecule has 0 saturated carbocycles. The highest BCUT2D eigenvalue weighted by atomic mass is 79.9. The number of carbonyl (C=O) groups is 1. The summed E-state index contributed by atoms with van der Waals surface area (Å²) in [5.74, 6) is -0.160. The van der Waals surface area contributed by atoms with Gasteiger partial charge in [0, 0.05) is 11.0 Å². The minimum Gasteiger partial charge on any atom is -0.469 e. The van der Waals surface area contributed by atoms with Crippen LogP contribution < -0.4 is 5.32 Å². The Bertz CT molecular complexity index is 536. The van der Waals surface area contributed by atoms with Crippen LogP contribution in [0.15, 0.2) is 22.7 Å². The van der Waals surface area contributed by atoms with Crippen LogP contribution >= 0.6 is 15.9 Å². The van der Waals surface area contributed by atoms with Crippen LogP contribution in [0, 0.1) is 5.41 Å². The summed E-state index contributed by atoms with van der Waals surface area (Å²) in [6.45, 7) is 7.45. The van der Waals surface area contributed by atoms with E-state index in [0.717, 1.165) is 23.9 Å². The van der Waals surface area contributed by atoms with E-state index in [1.165, 1.54) is 18.2 Å². The molecule has 0 aromatic heterocycles. The van der Waals surface area contributed by atoms with Crippen LogP contribution in [0.4, 0.5) is 0 Å². The third-order valence-electron chi connectivity index (χ3n) is 4.03. The molecule has 1 N–H and O–H groups in total. The molecule has 1 aliphatic carbocycles. The van der Waals surface area contributed by atoms with Crippen molar-refractivity contribution in [3.8, 4) is 0 Å². The molecule has 4 heteroatoms. The molecule has 0 fully saturated rings. The number of carbonyl (C=O) groups excluding carboxylic acids is 1. The first-order chi connectivity index (χ1) is 9.76. The lowest BCUT2D eigenvalue weighted by Crippen LogP contribution is -2.46. The van der Waals surface area contributed by atoms with E-state index in [2.05, 4.69) is 60.2 Å². The van der Waals surface area contributed by atoms with E-state index in [0.29, 0.717) is 6.42 Å². The van der Waals surface area contributed by atoms with Crippen molar-refractivity contribution in [3.63, 3.8) is 0 Å². The highest BCUT2D eigenvalue weighted by Crippen LogP contribution is 2.41. The van der Waals surface area contributed by atoms with Gasteiger partial charge in [0.2, 0.25) is 0 Å². The van der Waals surface area contributed by atoms with Crippen LogP contribution in [0.5, 0.6) is 0 Å². The first-order valence-corrected chi connectivity index (χ1v) is 8.16. The first-order valence-electron chi connectivity index (χ1n) is 7.36. The average molecular weight is 354 g/mol. The van der Waals surface area contributed by atoms with Crippen molar-refractivity contribution in [3.05, 3.63) is 33.8 Å². The van der Waals surface area contributed by atoms with Gasteiger partial charge in [-0.15, -0.1) is 0 Å². The number of hydrogen-bond donors (Lipinski definition) is 1. The minimum atomic E-state index is -0.295. The van der Waals surface area contributed by atoms with Gasteiger partial charge in [-0.1, -0.05) is 42.8 Å². The quantitative estimate of drug-likeness (QED) is 0.836. The summed E-state index contributed by atoms with van der Waals surface area (Å²) in [6.07, 6.45) is 2.31. The van der Waals surface area contributed by atoms with E-state index < -0.39 is 0 Å². The van der Waals surface area contributed by atoms with Crippen molar-refractivity contribution in [1.29, 1.82) is 0 Å². The van der Waals surface area contributed by atoms with Crippen molar-refractivity contribution in [2.24, 2.45) is 5.41 Å². The van der Waals surface area contributed by atoms with Crippen LogP contribution in [0.2, 0.25) is 0 Å². The summed E-state index contributed by atoms with van der Waals surface area (Å²) in [6, 6.07) is 6.34. The molecule has 116 valence electrons. The van der Waals surface area contributed by atoms with Crippen LogP contribution in [0.1, 0.15) is 44.7 Å². The second kappa shape index (κ2) is 6.09.